The standard InChI is InChI=1S/C28H27NO5/c1-28(2)13-19-25-18-7-5-4-6-16(18)8-10-20(25)29-27(26(19)21(30)14-28)17-9-11-22(23(12-17)33-3)34-15-24(31)32/h4-12,27,29H,13-15H2,1-3H3,(H,31,32)/t27-/m0/s1. The molecule has 2 aliphatic rings. The third-order valence-corrected chi connectivity index (χ3v) is 6.61. The van der Waals surface area contributed by atoms with Crippen LogP contribution in [0.2, 0.25) is 0 Å². The largest absolute Gasteiger partial charge is 0.493 e. The van der Waals surface area contributed by atoms with E-state index in [4.69, 9.17) is 14.6 Å². The highest BCUT2D eigenvalue weighted by molar-refractivity contribution is 6.12. The summed E-state index contributed by atoms with van der Waals surface area (Å²) in [5.74, 6) is -0.140. The molecule has 1 aliphatic carbocycles. The van der Waals surface area contributed by atoms with E-state index in [1.54, 1.807) is 6.07 Å². The molecule has 6 heteroatoms. The van der Waals surface area contributed by atoms with Gasteiger partial charge in [0, 0.05) is 23.2 Å². The fourth-order valence-electron chi connectivity index (χ4n) is 5.21. The van der Waals surface area contributed by atoms with Gasteiger partial charge in [0.2, 0.25) is 0 Å². The van der Waals surface area contributed by atoms with Crippen molar-refractivity contribution < 1.29 is 24.2 Å². The number of carboxylic acid groups (broad SMARTS) is 1. The zero-order valence-electron chi connectivity index (χ0n) is 19.5. The summed E-state index contributed by atoms with van der Waals surface area (Å²) in [6, 6.07) is 17.5. The van der Waals surface area contributed by atoms with Gasteiger partial charge in [-0.1, -0.05) is 50.2 Å². The van der Waals surface area contributed by atoms with Crippen LogP contribution in [0.3, 0.4) is 0 Å². The van der Waals surface area contributed by atoms with Gasteiger partial charge in [-0.25, -0.2) is 4.79 Å². The van der Waals surface area contributed by atoms with E-state index in [-0.39, 0.29) is 17.2 Å². The van der Waals surface area contributed by atoms with Gasteiger partial charge >= 0.3 is 5.97 Å². The number of ketones is 1. The lowest BCUT2D eigenvalue weighted by atomic mass is 9.68. The third kappa shape index (κ3) is 3.79. The molecule has 0 aromatic heterocycles. The van der Waals surface area contributed by atoms with Crippen molar-refractivity contribution >= 4 is 33.8 Å². The maximum atomic E-state index is 13.6. The first-order valence-corrected chi connectivity index (χ1v) is 11.3. The summed E-state index contributed by atoms with van der Waals surface area (Å²) in [7, 11) is 1.52. The molecular formula is C28H27NO5. The molecule has 34 heavy (non-hydrogen) atoms. The van der Waals surface area contributed by atoms with Crippen molar-refractivity contribution in [1.82, 2.24) is 0 Å². The highest BCUT2D eigenvalue weighted by Gasteiger charge is 2.41. The molecule has 0 saturated carbocycles. The number of aliphatic carboxylic acids is 1. The molecule has 1 atom stereocenters. The second kappa shape index (κ2) is 8.20. The summed E-state index contributed by atoms with van der Waals surface area (Å²) in [5, 5.41) is 14.8. The van der Waals surface area contributed by atoms with Crippen molar-refractivity contribution in [3.05, 3.63) is 71.3 Å². The quantitative estimate of drug-likeness (QED) is 0.517. The lowest BCUT2D eigenvalue weighted by molar-refractivity contribution is -0.139. The van der Waals surface area contributed by atoms with Crippen molar-refractivity contribution in [2.24, 2.45) is 5.41 Å². The molecule has 1 aliphatic heterocycles. The number of benzene rings is 3. The number of rotatable bonds is 5. The third-order valence-electron chi connectivity index (χ3n) is 6.61. The van der Waals surface area contributed by atoms with E-state index in [1.165, 1.54) is 7.11 Å². The van der Waals surface area contributed by atoms with E-state index in [1.807, 2.05) is 24.3 Å². The number of allylic oxidation sites excluding steroid dienone is 1. The van der Waals surface area contributed by atoms with E-state index < -0.39 is 12.6 Å². The van der Waals surface area contributed by atoms with Gasteiger partial charge in [0.25, 0.3) is 0 Å². The number of hydrogen-bond donors (Lipinski definition) is 2. The van der Waals surface area contributed by atoms with Gasteiger partial charge in [-0.3, -0.25) is 4.79 Å². The Morgan fingerprint density at radius 2 is 1.88 bits per heavy atom. The summed E-state index contributed by atoms with van der Waals surface area (Å²) < 4.78 is 10.9. The summed E-state index contributed by atoms with van der Waals surface area (Å²) in [4.78, 5) is 24.5. The minimum atomic E-state index is -1.06. The van der Waals surface area contributed by atoms with E-state index >= 15 is 0 Å². The monoisotopic (exact) mass is 457 g/mol. The highest BCUT2D eigenvalue weighted by Crippen LogP contribution is 2.52. The van der Waals surface area contributed by atoms with Crippen LogP contribution < -0.4 is 14.8 Å². The van der Waals surface area contributed by atoms with Gasteiger partial charge in [-0.05, 0) is 51.9 Å². The summed E-state index contributed by atoms with van der Waals surface area (Å²) >= 11 is 0. The normalized spacial score (nSPS) is 18.7. The molecular weight excluding hydrogens is 430 g/mol. The summed E-state index contributed by atoms with van der Waals surface area (Å²) in [5.41, 5.74) is 4.74. The van der Waals surface area contributed by atoms with Crippen LogP contribution in [0.4, 0.5) is 5.69 Å². The molecule has 6 nitrogen and oxygen atoms in total. The minimum Gasteiger partial charge on any atom is -0.493 e. The molecule has 0 fully saturated rings. The molecule has 5 rings (SSSR count). The average Bonchev–Trinajstić information content (AvgIpc) is 2.80. The lowest BCUT2D eigenvalue weighted by Crippen LogP contribution is -2.33. The van der Waals surface area contributed by atoms with Crippen LogP contribution in [0.5, 0.6) is 11.5 Å². The minimum absolute atomic E-state index is 0.127. The SMILES string of the molecule is COc1cc([C@@H]2Nc3ccc4ccccc4c3C3=C2C(=O)CC(C)(C)C3)ccc1OCC(=O)O. The van der Waals surface area contributed by atoms with Crippen molar-refractivity contribution in [3.63, 3.8) is 0 Å². The number of carboxylic acids is 1. The predicted octanol–water partition coefficient (Wildman–Crippen LogP) is 5.62. The van der Waals surface area contributed by atoms with Crippen LogP contribution in [-0.2, 0) is 9.59 Å². The first-order valence-electron chi connectivity index (χ1n) is 11.3. The topological polar surface area (TPSA) is 84.9 Å². The Hall–Kier alpha value is -3.80. The van der Waals surface area contributed by atoms with Gasteiger partial charge in [-0.2, -0.15) is 0 Å². The maximum Gasteiger partial charge on any atom is 0.341 e. The molecule has 0 amide bonds. The summed E-state index contributed by atoms with van der Waals surface area (Å²) in [6.45, 7) is 3.84. The van der Waals surface area contributed by atoms with E-state index in [0.717, 1.165) is 45.2 Å². The number of ether oxygens (including phenoxy) is 2. The Balaban J connectivity index is 1.67. The Labute approximate surface area is 198 Å². The van der Waals surface area contributed by atoms with Crippen molar-refractivity contribution in [2.75, 3.05) is 19.0 Å². The Kier molecular flexibility index (Phi) is 5.31. The molecule has 0 spiro atoms. The maximum absolute atomic E-state index is 13.6. The van der Waals surface area contributed by atoms with Crippen molar-refractivity contribution in [2.45, 2.75) is 32.7 Å². The van der Waals surface area contributed by atoms with Crippen molar-refractivity contribution in [1.29, 1.82) is 0 Å². The highest BCUT2D eigenvalue weighted by atomic mass is 16.5. The molecule has 2 N–H and O–H groups in total. The fourth-order valence-corrected chi connectivity index (χ4v) is 5.21. The van der Waals surface area contributed by atoms with Crippen LogP contribution in [0.15, 0.2) is 60.2 Å². The van der Waals surface area contributed by atoms with Gasteiger partial charge in [0.1, 0.15) is 0 Å². The first-order chi connectivity index (χ1) is 16.3. The van der Waals surface area contributed by atoms with E-state index in [0.29, 0.717) is 17.9 Å². The second-order valence-electron chi connectivity index (χ2n) is 9.71. The van der Waals surface area contributed by atoms with Gasteiger partial charge in [-0.15, -0.1) is 0 Å². The van der Waals surface area contributed by atoms with Gasteiger partial charge < -0.3 is 19.9 Å². The van der Waals surface area contributed by atoms with E-state index in [2.05, 4.69) is 43.4 Å². The number of anilines is 1. The number of Topliss-reactive ketones (excluding diaryl/α,β-unsaturated/α-hetero) is 1. The van der Waals surface area contributed by atoms with Gasteiger partial charge in [0.05, 0.1) is 13.2 Å². The second-order valence-corrected chi connectivity index (χ2v) is 9.71. The van der Waals surface area contributed by atoms with Gasteiger partial charge in [0.15, 0.2) is 23.9 Å². The van der Waals surface area contributed by atoms with Crippen LogP contribution in [0.25, 0.3) is 16.3 Å². The molecule has 1 heterocycles. The molecule has 3 aromatic rings. The Bertz CT molecular complexity index is 1350. The molecule has 0 unspecified atom stereocenters. The van der Waals surface area contributed by atoms with E-state index in [9.17, 15) is 9.59 Å². The molecule has 174 valence electrons. The number of carbonyl (C=O) groups excluding carboxylic acids is 1. The van der Waals surface area contributed by atoms with Crippen LogP contribution in [-0.4, -0.2) is 30.6 Å². The van der Waals surface area contributed by atoms with Crippen LogP contribution in [0.1, 0.15) is 43.9 Å². The number of carbonyl (C=O) groups is 2. The molecule has 0 radical (unpaired) electrons. The Morgan fingerprint density at radius 3 is 2.65 bits per heavy atom. The molecule has 0 bridgehead atoms. The average molecular weight is 458 g/mol. The van der Waals surface area contributed by atoms with Crippen LogP contribution in [0, 0.1) is 5.41 Å². The Morgan fingerprint density at radius 1 is 1.09 bits per heavy atom. The smallest absolute Gasteiger partial charge is 0.341 e. The van der Waals surface area contributed by atoms with Crippen molar-refractivity contribution in [3.8, 4) is 11.5 Å². The zero-order valence-corrected chi connectivity index (χ0v) is 19.5. The van der Waals surface area contributed by atoms with Crippen LogP contribution >= 0.6 is 0 Å². The summed E-state index contributed by atoms with van der Waals surface area (Å²) in [6.07, 6.45) is 1.30. The predicted molar refractivity (Wildman–Crippen MR) is 131 cm³/mol. The number of fused-ring (bicyclic) bond motifs is 4. The fraction of sp³-hybridized carbons (Fsp3) is 0.286. The molecule has 3 aromatic carbocycles. The molecule has 0 saturated heterocycles. The number of hydrogen-bond acceptors (Lipinski definition) is 5. The zero-order chi connectivity index (χ0) is 24.0. The lowest BCUT2D eigenvalue weighted by Gasteiger charge is -2.40. The first kappa shape index (κ1) is 22.0. The number of nitrogens with one attached hydrogen (secondary N) is 1. The number of methoxy groups -OCH3 is 1.